The molecule has 22 valence electrons. The average Bonchev–Trinajstić information content (AvgIpc) is 1.00. The standard InChI is InChI=1S/CH3O.Mg.H2O/c1-2;;/h1H3;;1H2/q-1;+2;/p-1. The minimum atomic E-state index is 0. The van der Waals surface area contributed by atoms with Gasteiger partial charge in [0.15, 0.2) is 0 Å². The summed E-state index contributed by atoms with van der Waals surface area (Å²) in [5, 5.41) is 8.25. The summed E-state index contributed by atoms with van der Waals surface area (Å²) in [6, 6.07) is 0. The van der Waals surface area contributed by atoms with E-state index in [4.69, 9.17) is 5.11 Å². The van der Waals surface area contributed by atoms with Crippen LogP contribution in [0.5, 0.6) is 0 Å². The Morgan fingerprint density at radius 3 is 1.25 bits per heavy atom. The Morgan fingerprint density at radius 1 is 1.25 bits per heavy atom. The molecule has 3 heteroatoms. The molecule has 0 aromatic rings. The molecule has 0 atom stereocenters. The molecule has 0 spiro atoms. The van der Waals surface area contributed by atoms with E-state index >= 15 is 0 Å². The summed E-state index contributed by atoms with van der Waals surface area (Å²) >= 11 is 0. The summed E-state index contributed by atoms with van der Waals surface area (Å²) in [5.41, 5.74) is 0. The molecule has 0 saturated heterocycles. The van der Waals surface area contributed by atoms with Crippen molar-refractivity contribution in [1.29, 1.82) is 0 Å². The summed E-state index contributed by atoms with van der Waals surface area (Å²) in [6.07, 6.45) is 0. The fourth-order valence-corrected chi connectivity index (χ4v) is 0. The van der Waals surface area contributed by atoms with Gasteiger partial charge in [0.25, 0.3) is 0 Å². The fourth-order valence-electron chi connectivity index (χ4n) is 0. The molecule has 0 aliphatic rings. The fraction of sp³-hybridized carbons (Fsp3) is 1.00. The van der Waals surface area contributed by atoms with E-state index in [1.54, 1.807) is 0 Å². The Hall–Kier alpha value is 0.686. The zero-order valence-corrected chi connectivity index (χ0v) is 3.98. The third-order valence-electron chi connectivity index (χ3n) is 0. The molecule has 1 N–H and O–H groups in total. The molecule has 4 heavy (non-hydrogen) atoms. The van der Waals surface area contributed by atoms with E-state index in [1.165, 1.54) is 0 Å². The van der Waals surface area contributed by atoms with Crippen LogP contribution < -0.4 is 5.11 Å². The predicted molar refractivity (Wildman–Crippen MR) is 13.6 cm³/mol. The van der Waals surface area contributed by atoms with E-state index in [1.807, 2.05) is 0 Å². The maximum atomic E-state index is 8.25. The minimum Gasteiger partial charge on any atom is -0.870 e. The quantitative estimate of drug-likeness (QED) is 0.324. The molecular formula is CH4MgO2. The maximum absolute atomic E-state index is 8.25. The van der Waals surface area contributed by atoms with E-state index in [-0.39, 0.29) is 28.5 Å². The first-order valence-electron chi connectivity index (χ1n) is 0.408. The van der Waals surface area contributed by atoms with Gasteiger partial charge in [0.2, 0.25) is 0 Å². The Labute approximate surface area is 41.3 Å². The van der Waals surface area contributed by atoms with Gasteiger partial charge in [-0.25, -0.2) is 0 Å². The van der Waals surface area contributed by atoms with Crippen LogP contribution in [0.2, 0.25) is 0 Å². The van der Waals surface area contributed by atoms with Crippen LogP contribution in [0.15, 0.2) is 0 Å². The molecule has 0 rings (SSSR count). The first-order chi connectivity index (χ1) is 1.00. The van der Waals surface area contributed by atoms with Gasteiger partial charge in [0.1, 0.15) is 0 Å². The Kier molecular flexibility index (Phi) is 316. The zero-order chi connectivity index (χ0) is 2.00. The monoisotopic (exact) mass is 72.0 g/mol. The van der Waals surface area contributed by atoms with Crippen LogP contribution in [-0.4, -0.2) is 35.6 Å². The topological polar surface area (TPSA) is 53.1 Å². The summed E-state index contributed by atoms with van der Waals surface area (Å²) < 4.78 is 0. The van der Waals surface area contributed by atoms with Gasteiger partial charge >= 0.3 is 23.1 Å². The van der Waals surface area contributed by atoms with Gasteiger partial charge in [-0.15, -0.1) is 0 Å². The van der Waals surface area contributed by atoms with Gasteiger partial charge in [0.05, 0.1) is 0 Å². The number of hydrogen-bond acceptors (Lipinski definition) is 2. The van der Waals surface area contributed by atoms with Crippen LogP contribution in [0, 0.1) is 0 Å². The molecule has 0 aromatic carbocycles. The van der Waals surface area contributed by atoms with Crippen LogP contribution in [0.25, 0.3) is 0 Å². The molecule has 0 bridgehead atoms. The normalized spacial score (nSPS) is 1.50. The molecule has 0 amide bonds. The molecule has 2 nitrogen and oxygen atoms in total. The second-order valence-electron chi connectivity index (χ2n) is 0. The molecule has 0 aliphatic carbocycles. The first kappa shape index (κ1) is 22.4. The smallest absolute Gasteiger partial charge is 0.870 e. The van der Waals surface area contributed by atoms with Crippen molar-refractivity contribution in [1.82, 2.24) is 0 Å². The first-order valence-corrected chi connectivity index (χ1v) is 0.408. The van der Waals surface area contributed by atoms with E-state index in [9.17, 15) is 0 Å². The van der Waals surface area contributed by atoms with Gasteiger partial charge in [-0.1, -0.05) is 0 Å². The number of hydrogen-bond donors (Lipinski definition) is 0. The second-order valence-corrected chi connectivity index (χ2v) is 0. The van der Waals surface area contributed by atoms with Crippen molar-refractivity contribution < 1.29 is 10.6 Å². The van der Waals surface area contributed by atoms with Gasteiger partial charge in [-0.3, -0.25) is 0 Å². The SMILES string of the molecule is C[O-].[Mg+2].[OH-]. The molecule has 0 aromatic heterocycles. The van der Waals surface area contributed by atoms with Crippen LogP contribution in [0.3, 0.4) is 0 Å². The molecular weight excluding hydrogens is 68.3 g/mol. The largest absolute Gasteiger partial charge is 2.00 e. The zero-order valence-electron chi connectivity index (χ0n) is 2.56. The van der Waals surface area contributed by atoms with E-state index in [0.717, 1.165) is 7.11 Å². The van der Waals surface area contributed by atoms with Crippen molar-refractivity contribution in [2.75, 3.05) is 7.11 Å². The van der Waals surface area contributed by atoms with Crippen molar-refractivity contribution in [2.24, 2.45) is 0 Å². The van der Waals surface area contributed by atoms with Crippen LogP contribution in [0.4, 0.5) is 0 Å². The van der Waals surface area contributed by atoms with Gasteiger partial charge in [0, 0.05) is 0 Å². The summed E-state index contributed by atoms with van der Waals surface area (Å²) in [7, 11) is 0.750. The minimum absolute atomic E-state index is 0. The second kappa shape index (κ2) is 56.5. The van der Waals surface area contributed by atoms with Gasteiger partial charge in [-0.2, -0.15) is 7.11 Å². The van der Waals surface area contributed by atoms with Crippen molar-refractivity contribution in [3.8, 4) is 0 Å². The molecule has 0 aliphatic heterocycles. The third-order valence-corrected chi connectivity index (χ3v) is 0. The molecule has 0 saturated carbocycles. The van der Waals surface area contributed by atoms with Crippen molar-refractivity contribution in [3.63, 3.8) is 0 Å². The average molecular weight is 72.3 g/mol. The molecule has 0 unspecified atom stereocenters. The Bertz CT molecular complexity index is 6.00. The third kappa shape index (κ3) is 16.2. The Morgan fingerprint density at radius 2 is 1.25 bits per heavy atom. The molecule has 0 heterocycles. The maximum Gasteiger partial charge on any atom is 2.00 e. The van der Waals surface area contributed by atoms with Crippen LogP contribution >= 0.6 is 0 Å². The van der Waals surface area contributed by atoms with Crippen molar-refractivity contribution in [3.05, 3.63) is 0 Å². The summed E-state index contributed by atoms with van der Waals surface area (Å²) in [6.45, 7) is 0. The van der Waals surface area contributed by atoms with Gasteiger partial charge < -0.3 is 10.6 Å². The van der Waals surface area contributed by atoms with E-state index in [2.05, 4.69) is 0 Å². The summed E-state index contributed by atoms with van der Waals surface area (Å²) in [4.78, 5) is 0. The van der Waals surface area contributed by atoms with Crippen LogP contribution in [0.1, 0.15) is 0 Å². The van der Waals surface area contributed by atoms with Crippen LogP contribution in [-0.2, 0) is 0 Å². The Balaban J connectivity index is -0.00000000500. The molecule has 0 fully saturated rings. The predicted octanol–water partition coefficient (Wildman–Crippen LogP) is -1.58. The van der Waals surface area contributed by atoms with Gasteiger partial charge in [-0.05, 0) is 0 Å². The van der Waals surface area contributed by atoms with Crippen molar-refractivity contribution in [2.45, 2.75) is 0 Å². The summed E-state index contributed by atoms with van der Waals surface area (Å²) in [5.74, 6) is 0. The van der Waals surface area contributed by atoms with E-state index in [0.29, 0.717) is 0 Å². The molecule has 0 radical (unpaired) electrons. The van der Waals surface area contributed by atoms with Crippen molar-refractivity contribution >= 4 is 23.1 Å². The number of rotatable bonds is 0. The van der Waals surface area contributed by atoms with E-state index < -0.39 is 0 Å².